The monoisotopic (exact) mass is 282 g/mol. The van der Waals surface area contributed by atoms with Crippen LogP contribution in [0.1, 0.15) is 29.0 Å². The summed E-state index contributed by atoms with van der Waals surface area (Å²) in [6.07, 6.45) is 3.50. The Labute approximate surface area is 114 Å². The topological polar surface area (TPSA) is 83.6 Å². The van der Waals surface area contributed by atoms with Crippen LogP contribution >= 0.6 is 11.8 Å². The summed E-state index contributed by atoms with van der Waals surface area (Å²) in [6.45, 7) is 1.66. The normalized spacial score (nSPS) is 26.7. The number of hydrogen-bond donors (Lipinski definition) is 1. The highest BCUT2D eigenvalue weighted by molar-refractivity contribution is 8.00. The van der Waals surface area contributed by atoms with Crippen LogP contribution in [-0.2, 0) is 4.79 Å². The summed E-state index contributed by atoms with van der Waals surface area (Å²) in [7, 11) is 0. The van der Waals surface area contributed by atoms with Gasteiger partial charge in [-0.25, -0.2) is 4.79 Å². The van der Waals surface area contributed by atoms with Gasteiger partial charge in [0.05, 0.1) is 11.6 Å². The molecule has 1 amide bonds. The molecule has 2 aliphatic rings. The van der Waals surface area contributed by atoms with E-state index in [1.807, 2.05) is 0 Å². The standard InChI is InChI=1S/C12H14N2O4S/c1-6-8(4-13-18-6)10(15)14-9(12(16)17)5-19-11(14)7-2-3-7/h4,7,9,11H,2-3,5H2,1H3,(H,16,17). The summed E-state index contributed by atoms with van der Waals surface area (Å²) >= 11 is 1.56. The first-order valence-electron chi connectivity index (χ1n) is 6.18. The number of carboxylic acids is 1. The van der Waals surface area contributed by atoms with Crippen molar-refractivity contribution < 1.29 is 19.2 Å². The molecule has 2 unspecified atom stereocenters. The smallest absolute Gasteiger partial charge is 0.327 e. The second kappa shape index (κ2) is 4.56. The Balaban J connectivity index is 1.91. The highest BCUT2D eigenvalue weighted by Crippen LogP contribution is 2.46. The minimum absolute atomic E-state index is 0.0251. The van der Waals surface area contributed by atoms with Crippen molar-refractivity contribution in [1.82, 2.24) is 10.1 Å². The number of aromatic nitrogens is 1. The zero-order chi connectivity index (χ0) is 13.6. The first kappa shape index (κ1) is 12.5. The summed E-state index contributed by atoms with van der Waals surface area (Å²) in [6, 6.07) is -0.752. The van der Waals surface area contributed by atoms with Gasteiger partial charge in [-0.3, -0.25) is 4.79 Å². The molecule has 1 aliphatic carbocycles. The third-order valence-corrected chi connectivity index (χ3v) is 5.02. The molecule has 6 nitrogen and oxygen atoms in total. The van der Waals surface area contributed by atoms with Crippen LogP contribution in [0.5, 0.6) is 0 Å². The van der Waals surface area contributed by atoms with E-state index in [9.17, 15) is 14.7 Å². The van der Waals surface area contributed by atoms with Gasteiger partial charge in [0.1, 0.15) is 17.4 Å². The number of carbonyl (C=O) groups is 2. The van der Waals surface area contributed by atoms with Crippen molar-refractivity contribution in [2.75, 3.05) is 5.75 Å². The van der Waals surface area contributed by atoms with Crippen LogP contribution in [0.2, 0.25) is 0 Å². The predicted molar refractivity (Wildman–Crippen MR) is 67.8 cm³/mol. The first-order chi connectivity index (χ1) is 9.09. The van der Waals surface area contributed by atoms with E-state index in [1.165, 1.54) is 11.1 Å². The van der Waals surface area contributed by atoms with Gasteiger partial charge < -0.3 is 14.5 Å². The van der Waals surface area contributed by atoms with Crippen LogP contribution in [0.25, 0.3) is 0 Å². The van der Waals surface area contributed by atoms with E-state index in [2.05, 4.69) is 5.16 Å². The fraction of sp³-hybridized carbons (Fsp3) is 0.583. The molecule has 1 aliphatic heterocycles. The zero-order valence-corrected chi connectivity index (χ0v) is 11.2. The van der Waals surface area contributed by atoms with Gasteiger partial charge in [0.15, 0.2) is 0 Å². The van der Waals surface area contributed by atoms with Gasteiger partial charge in [0.25, 0.3) is 5.91 Å². The van der Waals surface area contributed by atoms with Gasteiger partial charge >= 0.3 is 5.97 Å². The Morgan fingerprint density at radius 3 is 2.79 bits per heavy atom. The molecule has 0 radical (unpaired) electrons. The van der Waals surface area contributed by atoms with Crippen molar-refractivity contribution in [1.29, 1.82) is 0 Å². The number of carboxylic acid groups (broad SMARTS) is 1. The maximum atomic E-state index is 12.5. The van der Waals surface area contributed by atoms with E-state index in [0.29, 0.717) is 23.0 Å². The second-order valence-electron chi connectivity index (χ2n) is 4.92. The highest BCUT2D eigenvalue weighted by Gasteiger charge is 2.48. The molecule has 1 saturated heterocycles. The zero-order valence-electron chi connectivity index (χ0n) is 10.4. The Morgan fingerprint density at radius 1 is 1.53 bits per heavy atom. The Bertz CT molecular complexity index is 526. The number of hydrogen-bond acceptors (Lipinski definition) is 5. The van der Waals surface area contributed by atoms with Gasteiger partial charge in [-0.15, -0.1) is 11.8 Å². The van der Waals surface area contributed by atoms with Gasteiger partial charge in [-0.1, -0.05) is 5.16 Å². The van der Waals surface area contributed by atoms with Crippen LogP contribution in [0.15, 0.2) is 10.7 Å². The van der Waals surface area contributed by atoms with Crippen molar-refractivity contribution in [2.24, 2.45) is 5.92 Å². The lowest BCUT2D eigenvalue weighted by atomic mass is 10.2. The minimum atomic E-state index is -0.946. The molecule has 19 heavy (non-hydrogen) atoms. The third kappa shape index (κ3) is 2.11. The molecular weight excluding hydrogens is 268 g/mol. The molecule has 3 rings (SSSR count). The van der Waals surface area contributed by atoms with Crippen molar-refractivity contribution in [2.45, 2.75) is 31.2 Å². The fourth-order valence-corrected chi connectivity index (χ4v) is 3.99. The summed E-state index contributed by atoms with van der Waals surface area (Å²) in [5.74, 6) is 0.0808. The summed E-state index contributed by atoms with van der Waals surface area (Å²) in [5.41, 5.74) is 0.361. The van der Waals surface area contributed by atoms with Crippen LogP contribution < -0.4 is 0 Å². The molecule has 2 atom stereocenters. The molecule has 0 bridgehead atoms. The molecule has 1 aromatic heterocycles. The molecule has 2 heterocycles. The van der Waals surface area contributed by atoms with Crippen LogP contribution in [-0.4, -0.2) is 44.2 Å². The van der Waals surface area contributed by atoms with Gasteiger partial charge in [0.2, 0.25) is 0 Å². The van der Waals surface area contributed by atoms with E-state index in [4.69, 9.17) is 4.52 Å². The fourth-order valence-electron chi connectivity index (χ4n) is 2.36. The van der Waals surface area contributed by atoms with Gasteiger partial charge in [0, 0.05) is 5.75 Å². The Hall–Kier alpha value is -1.50. The molecule has 1 saturated carbocycles. The van der Waals surface area contributed by atoms with Crippen LogP contribution in [0.4, 0.5) is 0 Å². The van der Waals surface area contributed by atoms with E-state index in [1.54, 1.807) is 18.7 Å². The van der Waals surface area contributed by atoms with E-state index in [-0.39, 0.29) is 11.3 Å². The number of thioether (sulfide) groups is 1. The third-order valence-electron chi connectivity index (χ3n) is 3.56. The number of rotatable bonds is 3. The maximum Gasteiger partial charge on any atom is 0.327 e. The molecular formula is C12H14N2O4S. The summed E-state index contributed by atoms with van der Waals surface area (Å²) in [4.78, 5) is 25.4. The number of amides is 1. The lowest BCUT2D eigenvalue weighted by Crippen LogP contribution is -2.46. The maximum absolute atomic E-state index is 12.5. The van der Waals surface area contributed by atoms with Crippen molar-refractivity contribution >= 4 is 23.6 Å². The molecule has 0 aromatic carbocycles. The largest absolute Gasteiger partial charge is 0.480 e. The molecule has 1 N–H and O–H groups in total. The van der Waals surface area contributed by atoms with E-state index < -0.39 is 12.0 Å². The Kier molecular flexibility index (Phi) is 3.00. The molecule has 1 aromatic rings. The molecule has 2 fully saturated rings. The number of aryl methyl sites for hydroxylation is 1. The van der Waals surface area contributed by atoms with Crippen LogP contribution in [0, 0.1) is 12.8 Å². The first-order valence-corrected chi connectivity index (χ1v) is 7.23. The molecule has 102 valence electrons. The van der Waals surface area contributed by atoms with Gasteiger partial charge in [-0.2, -0.15) is 0 Å². The van der Waals surface area contributed by atoms with E-state index >= 15 is 0 Å². The number of carbonyl (C=O) groups excluding carboxylic acids is 1. The van der Waals surface area contributed by atoms with Crippen molar-refractivity contribution in [3.8, 4) is 0 Å². The van der Waals surface area contributed by atoms with Crippen molar-refractivity contribution in [3.63, 3.8) is 0 Å². The SMILES string of the molecule is Cc1oncc1C(=O)N1C(C(=O)O)CSC1C1CC1. The Morgan fingerprint density at radius 2 is 2.26 bits per heavy atom. The average molecular weight is 282 g/mol. The highest BCUT2D eigenvalue weighted by atomic mass is 32.2. The quantitative estimate of drug-likeness (QED) is 0.901. The lowest BCUT2D eigenvalue weighted by molar-refractivity contribution is -0.141. The predicted octanol–water partition coefficient (Wildman–Crippen LogP) is 1.36. The molecule has 0 spiro atoms. The number of nitrogens with zero attached hydrogens (tertiary/aromatic N) is 2. The number of aliphatic carboxylic acids is 1. The van der Waals surface area contributed by atoms with Crippen molar-refractivity contribution in [3.05, 3.63) is 17.5 Å². The molecule has 7 heteroatoms. The average Bonchev–Trinajstić information content (AvgIpc) is 2.97. The van der Waals surface area contributed by atoms with Crippen LogP contribution in [0.3, 0.4) is 0 Å². The lowest BCUT2D eigenvalue weighted by Gasteiger charge is -2.26. The van der Waals surface area contributed by atoms with Gasteiger partial charge in [-0.05, 0) is 25.7 Å². The minimum Gasteiger partial charge on any atom is -0.480 e. The summed E-state index contributed by atoms with van der Waals surface area (Å²) in [5, 5.41) is 12.8. The second-order valence-corrected chi connectivity index (χ2v) is 6.07. The van der Waals surface area contributed by atoms with E-state index in [0.717, 1.165) is 12.8 Å². The summed E-state index contributed by atoms with van der Waals surface area (Å²) < 4.78 is 4.90.